The molecular formula is C32H35ClN8O2. The predicted molar refractivity (Wildman–Crippen MR) is 167 cm³/mol. The number of benzene rings is 1. The molecule has 1 unspecified atom stereocenters. The van der Waals surface area contributed by atoms with Gasteiger partial charge < -0.3 is 15.0 Å². The maximum atomic E-state index is 13.4. The number of hydrogen-bond donors (Lipinski definition) is 1. The Balaban J connectivity index is 1.04. The van der Waals surface area contributed by atoms with Crippen LogP contribution in [-0.2, 0) is 6.54 Å². The Kier molecular flexibility index (Phi) is 7.50. The number of rotatable bonds is 9. The number of anilines is 1. The number of aromatic nitrogens is 5. The Morgan fingerprint density at radius 2 is 2.00 bits per heavy atom. The topological polar surface area (TPSA) is 92.8 Å². The molecule has 1 saturated heterocycles. The number of carbonyl (C=O) groups excluding carboxylic acids is 1. The van der Waals surface area contributed by atoms with Gasteiger partial charge in [0.1, 0.15) is 23.7 Å². The van der Waals surface area contributed by atoms with Crippen LogP contribution in [0.1, 0.15) is 47.6 Å². The van der Waals surface area contributed by atoms with E-state index in [1.807, 2.05) is 47.3 Å². The molecule has 1 aromatic carbocycles. The summed E-state index contributed by atoms with van der Waals surface area (Å²) in [6.45, 7) is 7.38. The zero-order valence-electron chi connectivity index (χ0n) is 24.4. The summed E-state index contributed by atoms with van der Waals surface area (Å²) in [5.74, 6) is 1.02. The van der Waals surface area contributed by atoms with Gasteiger partial charge in [0.2, 0.25) is 0 Å². The fourth-order valence-corrected chi connectivity index (χ4v) is 6.07. The molecule has 11 heteroatoms. The first-order valence-electron chi connectivity index (χ1n) is 14.9. The van der Waals surface area contributed by atoms with Crippen molar-refractivity contribution in [3.63, 3.8) is 0 Å². The number of nitrogens with zero attached hydrogens (tertiary/aromatic N) is 7. The van der Waals surface area contributed by atoms with Crippen molar-refractivity contribution in [1.29, 1.82) is 0 Å². The van der Waals surface area contributed by atoms with Crippen LogP contribution in [0.5, 0.6) is 5.75 Å². The van der Waals surface area contributed by atoms with E-state index in [1.165, 1.54) is 12.8 Å². The SMILES string of the molecule is CC1CN(CCOc2ccn3c(C(=O)Nc4cccc5c4c(Cl)nn5Cc4cccc(C5CC5)n4)cnc3c2)CCN1C. The van der Waals surface area contributed by atoms with Crippen LogP contribution in [0.25, 0.3) is 16.6 Å². The second-order valence-corrected chi connectivity index (χ2v) is 12.0. The summed E-state index contributed by atoms with van der Waals surface area (Å²) in [7, 11) is 2.17. The van der Waals surface area contributed by atoms with E-state index in [0.29, 0.717) is 52.7 Å². The van der Waals surface area contributed by atoms with E-state index < -0.39 is 0 Å². The lowest BCUT2D eigenvalue weighted by Crippen LogP contribution is -2.50. The number of pyridine rings is 2. The Morgan fingerprint density at radius 3 is 2.84 bits per heavy atom. The quantitative estimate of drug-likeness (QED) is 0.257. The van der Waals surface area contributed by atoms with Gasteiger partial charge in [0, 0.05) is 56.1 Å². The molecule has 5 heterocycles. The lowest BCUT2D eigenvalue weighted by molar-refractivity contribution is 0.0928. The number of amides is 1. The Labute approximate surface area is 255 Å². The van der Waals surface area contributed by atoms with Crippen LogP contribution in [0.2, 0.25) is 5.15 Å². The smallest absolute Gasteiger partial charge is 0.274 e. The van der Waals surface area contributed by atoms with Gasteiger partial charge in [-0.05, 0) is 57.1 Å². The van der Waals surface area contributed by atoms with Crippen LogP contribution in [-0.4, -0.2) is 85.7 Å². The van der Waals surface area contributed by atoms with E-state index >= 15 is 0 Å². The molecule has 1 atom stereocenters. The lowest BCUT2D eigenvalue weighted by atomic mass is 10.2. The van der Waals surface area contributed by atoms with Gasteiger partial charge >= 0.3 is 0 Å². The first-order valence-corrected chi connectivity index (χ1v) is 15.3. The van der Waals surface area contributed by atoms with Crippen molar-refractivity contribution in [2.75, 3.05) is 45.2 Å². The highest BCUT2D eigenvalue weighted by atomic mass is 35.5. The molecule has 0 bridgehead atoms. The third-order valence-electron chi connectivity index (χ3n) is 8.56. The van der Waals surface area contributed by atoms with Crippen molar-refractivity contribution in [1.82, 2.24) is 33.9 Å². The largest absolute Gasteiger partial charge is 0.492 e. The third-order valence-corrected chi connectivity index (χ3v) is 8.82. The number of imidazole rings is 1. The summed E-state index contributed by atoms with van der Waals surface area (Å²) >= 11 is 6.63. The number of nitrogens with one attached hydrogen (secondary N) is 1. The summed E-state index contributed by atoms with van der Waals surface area (Å²) in [6.07, 6.45) is 5.80. The summed E-state index contributed by atoms with van der Waals surface area (Å²) in [6, 6.07) is 16.1. The van der Waals surface area contributed by atoms with Crippen molar-refractivity contribution in [3.05, 3.63) is 83.2 Å². The monoisotopic (exact) mass is 598 g/mol. The molecule has 2 aliphatic rings. The van der Waals surface area contributed by atoms with E-state index in [1.54, 1.807) is 10.6 Å². The molecule has 43 heavy (non-hydrogen) atoms. The molecule has 1 N–H and O–H groups in total. The van der Waals surface area contributed by atoms with Gasteiger partial charge in [0.15, 0.2) is 5.15 Å². The van der Waals surface area contributed by atoms with Crippen LogP contribution < -0.4 is 10.1 Å². The molecule has 1 aliphatic carbocycles. The van der Waals surface area contributed by atoms with Crippen molar-refractivity contribution in [2.24, 2.45) is 0 Å². The number of carbonyl (C=O) groups is 1. The minimum atomic E-state index is -0.291. The number of halogens is 1. The zero-order valence-corrected chi connectivity index (χ0v) is 25.2. The average molecular weight is 599 g/mol. The molecule has 1 saturated carbocycles. The fourth-order valence-electron chi connectivity index (χ4n) is 5.78. The zero-order chi connectivity index (χ0) is 29.5. The third kappa shape index (κ3) is 5.82. The van der Waals surface area contributed by atoms with Crippen LogP contribution >= 0.6 is 11.6 Å². The normalized spacial score (nSPS) is 18.0. The number of piperazine rings is 1. The molecule has 0 spiro atoms. The fraction of sp³-hybridized carbons (Fsp3) is 0.375. The molecule has 222 valence electrons. The predicted octanol–water partition coefficient (Wildman–Crippen LogP) is 4.93. The number of ether oxygens (including phenoxy) is 1. The second-order valence-electron chi connectivity index (χ2n) is 11.6. The molecule has 2 fully saturated rings. The van der Waals surface area contributed by atoms with E-state index in [0.717, 1.165) is 48.8 Å². The van der Waals surface area contributed by atoms with Gasteiger partial charge in [-0.2, -0.15) is 5.10 Å². The van der Waals surface area contributed by atoms with Crippen molar-refractivity contribution < 1.29 is 9.53 Å². The molecule has 1 amide bonds. The number of likely N-dealkylation sites (N-methyl/N-ethyl adjacent to an activating group) is 1. The van der Waals surface area contributed by atoms with E-state index in [9.17, 15) is 4.79 Å². The van der Waals surface area contributed by atoms with Crippen LogP contribution in [0, 0.1) is 0 Å². The summed E-state index contributed by atoms with van der Waals surface area (Å²) in [5, 5.41) is 8.63. The Bertz CT molecular complexity index is 1800. The molecular weight excluding hydrogens is 564 g/mol. The molecule has 10 nitrogen and oxygen atoms in total. The minimum absolute atomic E-state index is 0.291. The Hall–Kier alpha value is -3.99. The molecule has 5 aromatic rings. The van der Waals surface area contributed by atoms with Gasteiger partial charge in [0.25, 0.3) is 5.91 Å². The molecule has 4 aromatic heterocycles. The van der Waals surface area contributed by atoms with E-state index in [2.05, 4.69) is 51.3 Å². The standard InChI is InChI=1S/C32H35ClN8O2/c1-21-19-39(14-13-38(21)2)15-16-43-24-11-12-40-28(18-34-29(40)17-24)32(42)36-26-7-4-8-27-30(26)31(33)37-41(27)20-23-5-3-6-25(35-23)22-9-10-22/h3-8,11-12,17-18,21-22H,9-10,13-16,19-20H2,1-2H3,(H,36,42). The highest BCUT2D eigenvalue weighted by Crippen LogP contribution is 2.39. The van der Waals surface area contributed by atoms with Crippen LogP contribution in [0.3, 0.4) is 0 Å². The Morgan fingerprint density at radius 1 is 1.14 bits per heavy atom. The summed E-state index contributed by atoms with van der Waals surface area (Å²) in [5.41, 5.74) is 4.54. The van der Waals surface area contributed by atoms with Gasteiger partial charge in [0.05, 0.1) is 35.0 Å². The minimum Gasteiger partial charge on any atom is -0.492 e. The van der Waals surface area contributed by atoms with Gasteiger partial charge in [-0.15, -0.1) is 0 Å². The van der Waals surface area contributed by atoms with E-state index in [4.69, 9.17) is 21.3 Å². The number of hydrogen-bond acceptors (Lipinski definition) is 7. The first-order chi connectivity index (χ1) is 20.9. The average Bonchev–Trinajstić information content (AvgIpc) is 3.70. The highest BCUT2D eigenvalue weighted by molar-refractivity contribution is 6.35. The van der Waals surface area contributed by atoms with Gasteiger partial charge in [-0.1, -0.05) is 23.7 Å². The highest BCUT2D eigenvalue weighted by Gasteiger charge is 2.25. The second kappa shape index (κ2) is 11.6. The van der Waals surface area contributed by atoms with Crippen molar-refractivity contribution >= 4 is 39.7 Å². The molecule has 0 radical (unpaired) electrons. The van der Waals surface area contributed by atoms with Gasteiger partial charge in [-0.25, -0.2) is 4.98 Å². The summed E-state index contributed by atoms with van der Waals surface area (Å²) in [4.78, 5) is 27.6. The van der Waals surface area contributed by atoms with Crippen LogP contribution in [0.15, 0.2) is 60.9 Å². The first kappa shape index (κ1) is 27.8. The maximum Gasteiger partial charge on any atom is 0.274 e. The summed E-state index contributed by atoms with van der Waals surface area (Å²) < 4.78 is 9.63. The number of fused-ring (bicyclic) bond motifs is 2. The van der Waals surface area contributed by atoms with Gasteiger partial charge in [-0.3, -0.25) is 23.8 Å². The van der Waals surface area contributed by atoms with E-state index in [-0.39, 0.29) is 5.91 Å². The molecule has 1 aliphatic heterocycles. The van der Waals surface area contributed by atoms with Crippen LogP contribution in [0.4, 0.5) is 5.69 Å². The lowest BCUT2D eigenvalue weighted by Gasteiger charge is -2.37. The maximum absolute atomic E-state index is 13.4. The van der Waals surface area contributed by atoms with Crippen molar-refractivity contribution in [3.8, 4) is 5.75 Å². The van der Waals surface area contributed by atoms with Crippen molar-refractivity contribution in [2.45, 2.75) is 38.3 Å². The molecule has 7 rings (SSSR count).